The van der Waals surface area contributed by atoms with Gasteiger partial charge in [-0.1, -0.05) is 29.8 Å². The Bertz CT molecular complexity index is 1190. The minimum Gasteiger partial charge on any atom is -0.326 e. The van der Waals surface area contributed by atoms with Gasteiger partial charge in [-0.15, -0.1) is 0 Å². The predicted octanol–water partition coefficient (Wildman–Crippen LogP) is 5.92. The number of anilines is 1. The number of aliphatic imine (C=N–C) groups is 1. The molecule has 8 heteroatoms. The summed E-state index contributed by atoms with van der Waals surface area (Å²) in [6, 6.07) is 11.6. The largest absolute Gasteiger partial charge is 0.416 e. The maximum Gasteiger partial charge on any atom is 0.416 e. The van der Waals surface area contributed by atoms with Crippen LogP contribution < -0.4 is 5.32 Å². The molecule has 0 saturated carbocycles. The van der Waals surface area contributed by atoms with Crippen LogP contribution in [-0.4, -0.2) is 16.6 Å². The van der Waals surface area contributed by atoms with E-state index in [-0.39, 0.29) is 12.3 Å². The molecule has 0 radical (unpaired) electrons. The van der Waals surface area contributed by atoms with Crippen molar-refractivity contribution >= 4 is 34.7 Å². The number of nitrogens with one attached hydrogen (secondary N) is 1. The van der Waals surface area contributed by atoms with Gasteiger partial charge in [-0.25, -0.2) is 9.98 Å². The van der Waals surface area contributed by atoms with Gasteiger partial charge in [0.1, 0.15) is 0 Å². The van der Waals surface area contributed by atoms with E-state index in [4.69, 9.17) is 11.6 Å². The first-order valence-corrected chi connectivity index (χ1v) is 9.86. The van der Waals surface area contributed by atoms with Crippen molar-refractivity contribution in [2.45, 2.75) is 25.9 Å². The molecule has 0 bridgehead atoms. The number of aryl methyl sites for hydroxylation is 1. The average Bonchev–Trinajstić information content (AvgIpc) is 3.12. The molecule has 4 nitrogen and oxygen atoms in total. The number of amides is 1. The van der Waals surface area contributed by atoms with Gasteiger partial charge in [-0.2, -0.15) is 13.2 Å². The zero-order valence-corrected chi connectivity index (χ0v) is 17.2. The molecule has 0 spiro atoms. The van der Waals surface area contributed by atoms with E-state index in [1.54, 1.807) is 24.4 Å². The highest BCUT2D eigenvalue weighted by molar-refractivity contribution is 6.34. The minimum absolute atomic E-state index is 0.0499. The number of hydrogen-bond donors (Lipinski definition) is 1. The molecule has 2 heterocycles. The van der Waals surface area contributed by atoms with Crippen molar-refractivity contribution in [2.24, 2.45) is 4.99 Å². The second-order valence-corrected chi connectivity index (χ2v) is 7.75. The van der Waals surface area contributed by atoms with Gasteiger partial charge in [0.2, 0.25) is 5.91 Å². The normalized spacial score (nSPS) is 13.0. The van der Waals surface area contributed by atoms with Crippen LogP contribution in [0.15, 0.2) is 59.7 Å². The van der Waals surface area contributed by atoms with Gasteiger partial charge in [-0.3, -0.25) is 4.79 Å². The fourth-order valence-electron chi connectivity index (χ4n) is 3.38. The Kier molecular flexibility index (Phi) is 5.54. The van der Waals surface area contributed by atoms with E-state index in [0.717, 1.165) is 29.0 Å². The number of benzene rings is 2. The summed E-state index contributed by atoms with van der Waals surface area (Å²) >= 11 is 6.36. The van der Waals surface area contributed by atoms with Crippen molar-refractivity contribution in [1.29, 1.82) is 0 Å². The molecule has 2 aromatic carbocycles. The molecule has 0 fully saturated rings. The smallest absolute Gasteiger partial charge is 0.326 e. The molecule has 0 unspecified atom stereocenters. The van der Waals surface area contributed by atoms with E-state index < -0.39 is 11.7 Å². The lowest BCUT2D eigenvalue weighted by Gasteiger charge is -2.10. The number of fused-ring (bicyclic) bond motifs is 1. The number of alkyl halides is 3. The summed E-state index contributed by atoms with van der Waals surface area (Å²) in [7, 11) is 0. The van der Waals surface area contributed by atoms with Gasteiger partial charge in [0, 0.05) is 34.5 Å². The number of halogens is 4. The second kappa shape index (κ2) is 8.15. The van der Waals surface area contributed by atoms with Gasteiger partial charge in [0.15, 0.2) is 5.82 Å². The molecular weight excluding hydrogens is 427 g/mol. The van der Waals surface area contributed by atoms with Crippen LogP contribution in [0.25, 0.3) is 0 Å². The molecule has 1 amide bonds. The van der Waals surface area contributed by atoms with Gasteiger partial charge >= 0.3 is 6.18 Å². The molecule has 158 valence electrons. The Labute approximate surface area is 181 Å². The average molecular weight is 444 g/mol. The molecule has 1 aromatic heterocycles. The first kappa shape index (κ1) is 21.1. The third kappa shape index (κ3) is 4.77. The number of carbonyl (C=O) groups excluding carboxylic acids is 1. The van der Waals surface area contributed by atoms with E-state index in [2.05, 4.69) is 15.3 Å². The summed E-state index contributed by atoms with van der Waals surface area (Å²) in [4.78, 5) is 21.3. The summed E-state index contributed by atoms with van der Waals surface area (Å²) in [5.41, 5.74) is 3.79. The Hall–Kier alpha value is -3.19. The van der Waals surface area contributed by atoms with Gasteiger partial charge < -0.3 is 5.32 Å². The van der Waals surface area contributed by atoms with E-state index in [1.165, 1.54) is 12.1 Å². The molecule has 1 aliphatic heterocycles. The number of rotatable bonds is 4. The lowest BCUT2D eigenvalue weighted by molar-refractivity contribution is -0.137. The zero-order valence-electron chi connectivity index (χ0n) is 16.4. The maximum atomic E-state index is 12.7. The lowest BCUT2D eigenvalue weighted by Crippen LogP contribution is -2.15. The molecule has 1 N–H and O–H groups in total. The van der Waals surface area contributed by atoms with Crippen molar-refractivity contribution in [3.63, 3.8) is 0 Å². The second-order valence-electron chi connectivity index (χ2n) is 7.34. The summed E-state index contributed by atoms with van der Waals surface area (Å²) in [5, 5.41) is 3.27. The summed E-state index contributed by atoms with van der Waals surface area (Å²) < 4.78 is 38.0. The Morgan fingerprint density at radius 1 is 1.13 bits per heavy atom. The van der Waals surface area contributed by atoms with E-state index in [9.17, 15) is 18.0 Å². The van der Waals surface area contributed by atoms with Crippen LogP contribution in [0.5, 0.6) is 0 Å². The summed E-state index contributed by atoms with van der Waals surface area (Å²) in [6.45, 7) is 1.96. The SMILES string of the molecule is Cc1cnc2c(c1)CC(c1cc(NC(=O)Cc3ccc(C(F)(F)F)cc3)ccc1Cl)=N2. The predicted molar refractivity (Wildman–Crippen MR) is 114 cm³/mol. The Morgan fingerprint density at radius 2 is 1.87 bits per heavy atom. The monoisotopic (exact) mass is 443 g/mol. The molecule has 3 aromatic rings. The highest BCUT2D eigenvalue weighted by Gasteiger charge is 2.30. The van der Waals surface area contributed by atoms with Crippen LogP contribution in [0, 0.1) is 6.92 Å². The number of nitrogens with zero attached hydrogens (tertiary/aromatic N) is 2. The fourth-order valence-corrected chi connectivity index (χ4v) is 3.61. The summed E-state index contributed by atoms with van der Waals surface area (Å²) in [6.07, 6.45) is -2.11. The van der Waals surface area contributed by atoms with Crippen molar-refractivity contribution in [3.8, 4) is 0 Å². The van der Waals surface area contributed by atoms with Crippen molar-refractivity contribution in [3.05, 3.63) is 87.6 Å². The number of pyridine rings is 1. The van der Waals surface area contributed by atoms with E-state index in [1.807, 2.05) is 13.0 Å². The van der Waals surface area contributed by atoms with Crippen LogP contribution in [0.2, 0.25) is 5.02 Å². The third-order valence-corrected chi connectivity index (χ3v) is 5.21. The summed E-state index contributed by atoms with van der Waals surface area (Å²) in [5.74, 6) is 0.315. The van der Waals surface area contributed by atoms with Gasteiger partial charge in [-0.05, 0) is 48.4 Å². The number of carbonyl (C=O) groups is 1. The quantitative estimate of drug-likeness (QED) is 0.544. The van der Waals surface area contributed by atoms with Gasteiger partial charge in [0.25, 0.3) is 0 Å². The fraction of sp³-hybridized carbons (Fsp3) is 0.174. The molecule has 0 saturated heterocycles. The topological polar surface area (TPSA) is 54.4 Å². The molecule has 31 heavy (non-hydrogen) atoms. The van der Waals surface area contributed by atoms with Crippen molar-refractivity contribution in [1.82, 2.24) is 4.98 Å². The molecule has 0 atom stereocenters. The van der Waals surface area contributed by atoms with Crippen LogP contribution >= 0.6 is 11.6 Å². The van der Waals surface area contributed by atoms with Crippen LogP contribution in [-0.2, 0) is 23.8 Å². The van der Waals surface area contributed by atoms with Crippen LogP contribution in [0.4, 0.5) is 24.7 Å². The third-order valence-electron chi connectivity index (χ3n) is 4.89. The highest BCUT2D eigenvalue weighted by Crippen LogP contribution is 2.31. The molecular formula is C23H17ClF3N3O. The molecule has 1 aliphatic rings. The Balaban J connectivity index is 1.47. The van der Waals surface area contributed by atoms with Crippen molar-refractivity contribution in [2.75, 3.05) is 5.32 Å². The molecule has 4 rings (SSSR count). The van der Waals surface area contributed by atoms with E-state index >= 15 is 0 Å². The maximum absolute atomic E-state index is 12.7. The first-order valence-electron chi connectivity index (χ1n) is 9.48. The first-order chi connectivity index (χ1) is 14.7. The van der Waals surface area contributed by atoms with Crippen molar-refractivity contribution < 1.29 is 18.0 Å². The number of aromatic nitrogens is 1. The zero-order chi connectivity index (χ0) is 22.2. The van der Waals surface area contributed by atoms with Crippen LogP contribution in [0.3, 0.4) is 0 Å². The lowest BCUT2D eigenvalue weighted by atomic mass is 10.0. The minimum atomic E-state index is -4.41. The van der Waals surface area contributed by atoms with Crippen LogP contribution in [0.1, 0.15) is 27.8 Å². The Morgan fingerprint density at radius 3 is 2.58 bits per heavy atom. The van der Waals surface area contributed by atoms with Gasteiger partial charge in [0.05, 0.1) is 17.7 Å². The molecule has 0 aliphatic carbocycles. The number of hydrogen-bond acceptors (Lipinski definition) is 3. The van der Waals surface area contributed by atoms with E-state index in [0.29, 0.717) is 34.1 Å². The standard InChI is InChI=1S/C23H17ClF3N3O/c1-13-8-15-10-20(30-22(15)28-12-13)18-11-17(6-7-19(18)24)29-21(31)9-14-2-4-16(5-3-14)23(25,26)27/h2-8,11-12H,9-10H2,1H3,(H,29,31). The highest BCUT2D eigenvalue weighted by atomic mass is 35.5.